The average Bonchev–Trinajstić information content (AvgIpc) is 2.60. The Hall–Kier alpha value is -2.27. The summed E-state index contributed by atoms with van der Waals surface area (Å²) >= 11 is 1.33. The van der Waals surface area contributed by atoms with Gasteiger partial charge in [-0.15, -0.1) is 11.8 Å². The van der Waals surface area contributed by atoms with Crippen LogP contribution in [0.15, 0.2) is 54.6 Å². The van der Waals surface area contributed by atoms with E-state index in [2.05, 4.69) is 10.6 Å². The first-order chi connectivity index (χ1) is 11.5. The van der Waals surface area contributed by atoms with Gasteiger partial charge in [0, 0.05) is 12.2 Å². The second-order valence-corrected chi connectivity index (χ2v) is 6.90. The summed E-state index contributed by atoms with van der Waals surface area (Å²) < 4.78 is 0. The molecule has 0 unspecified atom stereocenters. The minimum absolute atomic E-state index is 0.0630. The Bertz CT molecular complexity index is 672. The van der Waals surface area contributed by atoms with Crippen molar-refractivity contribution >= 4 is 29.3 Å². The number of aryl methyl sites for hydroxylation is 1. The van der Waals surface area contributed by atoms with Crippen LogP contribution in [0.3, 0.4) is 0 Å². The molecule has 0 aliphatic heterocycles. The summed E-state index contributed by atoms with van der Waals surface area (Å²) in [5, 5.41) is 5.44. The van der Waals surface area contributed by atoms with E-state index in [0.717, 1.165) is 16.8 Å². The molecule has 2 amide bonds. The lowest BCUT2D eigenvalue weighted by atomic mass is 10.2. The number of anilines is 1. The summed E-state index contributed by atoms with van der Waals surface area (Å²) in [4.78, 5) is 24.0. The van der Waals surface area contributed by atoms with Gasteiger partial charge in [-0.05, 0) is 31.5 Å². The molecular formula is C19H22N2O2S. The predicted octanol–water partition coefficient (Wildman–Crippen LogP) is 3.37. The number of benzene rings is 2. The summed E-state index contributed by atoms with van der Waals surface area (Å²) in [7, 11) is 0. The van der Waals surface area contributed by atoms with Gasteiger partial charge in [0.05, 0.1) is 11.0 Å². The molecule has 0 aliphatic carbocycles. The molecule has 24 heavy (non-hydrogen) atoms. The van der Waals surface area contributed by atoms with Crippen LogP contribution >= 0.6 is 11.8 Å². The maximum atomic E-state index is 12.1. The number of thioether (sulfide) groups is 1. The summed E-state index contributed by atoms with van der Waals surface area (Å²) in [5.74, 6) is 0.0758. The van der Waals surface area contributed by atoms with Crippen LogP contribution in [0, 0.1) is 6.92 Å². The molecule has 4 nitrogen and oxygen atoms in total. The summed E-state index contributed by atoms with van der Waals surface area (Å²) in [6.07, 6.45) is 0. The topological polar surface area (TPSA) is 58.2 Å². The van der Waals surface area contributed by atoms with Crippen LogP contribution in [0.2, 0.25) is 0 Å². The van der Waals surface area contributed by atoms with Crippen LogP contribution in [0.4, 0.5) is 5.69 Å². The lowest BCUT2D eigenvalue weighted by Gasteiger charge is -2.12. The van der Waals surface area contributed by atoms with E-state index in [1.165, 1.54) is 11.8 Å². The summed E-state index contributed by atoms with van der Waals surface area (Å²) in [6.45, 7) is 4.31. The van der Waals surface area contributed by atoms with Gasteiger partial charge in [0.2, 0.25) is 11.8 Å². The third-order valence-corrected chi connectivity index (χ3v) is 4.62. The molecule has 2 rings (SSSR count). The molecule has 2 aromatic rings. The van der Waals surface area contributed by atoms with Gasteiger partial charge in [0.1, 0.15) is 0 Å². The number of carbonyl (C=O) groups is 2. The Balaban J connectivity index is 1.71. The average molecular weight is 342 g/mol. The van der Waals surface area contributed by atoms with Gasteiger partial charge in [-0.25, -0.2) is 0 Å². The fraction of sp³-hybridized carbons (Fsp3) is 0.263. The van der Waals surface area contributed by atoms with Gasteiger partial charge in [0.15, 0.2) is 0 Å². The molecule has 5 heteroatoms. The highest BCUT2D eigenvalue weighted by Crippen LogP contribution is 2.13. The van der Waals surface area contributed by atoms with E-state index in [1.807, 2.05) is 68.4 Å². The van der Waals surface area contributed by atoms with E-state index in [0.29, 0.717) is 6.54 Å². The smallest absolute Gasteiger partial charge is 0.234 e. The minimum atomic E-state index is -0.280. The Labute approximate surface area is 147 Å². The van der Waals surface area contributed by atoms with Gasteiger partial charge in [0.25, 0.3) is 0 Å². The third-order valence-electron chi connectivity index (χ3n) is 3.48. The maximum Gasteiger partial charge on any atom is 0.234 e. The van der Waals surface area contributed by atoms with Crippen LogP contribution in [-0.4, -0.2) is 22.8 Å². The van der Waals surface area contributed by atoms with Gasteiger partial charge < -0.3 is 10.6 Å². The van der Waals surface area contributed by atoms with Gasteiger partial charge in [-0.1, -0.05) is 48.0 Å². The lowest BCUT2D eigenvalue weighted by Crippen LogP contribution is -2.31. The Morgan fingerprint density at radius 3 is 2.38 bits per heavy atom. The van der Waals surface area contributed by atoms with Crippen molar-refractivity contribution in [2.24, 2.45) is 0 Å². The quantitative estimate of drug-likeness (QED) is 0.811. The second-order valence-electron chi connectivity index (χ2n) is 5.57. The van der Waals surface area contributed by atoms with Gasteiger partial charge >= 0.3 is 0 Å². The SMILES string of the molecule is Cc1ccc(NC(=O)CS[C@H](C)C(=O)NCc2ccccc2)cc1. The molecule has 0 heterocycles. The predicted molar refractivity (Wildman–Crippen MR) is 100 cm³/mol. The fourth-order valence-corrected chi connectivity index (χ4v) is 2.75. The second kappa shape index (κ2) is 9.13. The van der Waals surface area contributed by atoms with Crippen molar-refractivity contribution in [3.05, 3.63) is 65.7 Å². The molecule has 2 aromatic carbocycles. The number of nitrogens with one attached hydrogen (secondary N) is 2. The molecule has 2 N–H and O–H groups in total. The highest BCUT2D eigenvalue weighted by molar-refractivity contribution is 8.01. The Morgan fingerprint density at radius 1 is 1.04 bits per heavy atom. The molecule has 0 radical (unpaired) electrons. The summed E-state index contributed by atoms with van der Waals surface area (Å²) in [6, 6.07) is 17.4. The van der Waals surface area contributed by atoms with Crippen LogP contribution in [-0.2, 0) is 16.1 Å². The number of rotatable bonds is 7. The standard InChI is InChI=1S/C19H22N2O2S/c1-14-8-10-17(11-9-14)21-18(22)13-24-15(2)19(23)20-12-16-6-4-3-5-7-16/h3-11,15H,12-13H2,1-2H3,(H,20,23)(H,21,22)/t15-/m1/s1. The zero-order chi connectivity index (χ0) is 17.4. The Morgan fingerprint density at radius 2 is 1.71 bits per heavy atom. The van der Waals surface area contributed by atoms with Gasteiger partial charge in [-0.3, -0.25) is 9.59 Å². The summed E-state index contributed by atoms with van der Waals surface area (Å²) in [5.41, 5.74) is 2.97. The number of carbonyl (C=O) groups excluding carboxylic acids is 2. The zero-order valence-electron chi connectivity index (χ0n) is 13.9. The van der Waals surface area contributed by atoms with E-state index < -0.39 is 0 Å². The molecular weight excluding hydrogens is 320 g/mol. The minimum Gasteiger partial charge on any atom is -0.351 e. The van der Waals surface area contributed by atoms with Crippen LogP contribution < -0.4 is 10.6 Å². The van der Waals surface area contributed by atoms with Crippen LogP contribution in [0.25, 0.3) is 0 Å². The highest BCUT2D eigenvalue weighted by Gasteiger charge is 2.15. The molecule has 0 saturated heterocycles. The van der Waals surface area contributed by atoms with E-state index in [9.17, 15) is 9.59 Å². The molecule has 0 aliphatic rings. The van der Waals surface area contributed by atoms with E-state index >= 15 is 0 Å². The first kappa shape index (κ1) is 18.1. The van der Waals surface area contributed by atoms with Crippen molar-refractivity contribution in [3.8, 4) is 0 Å². The van der Waals surface area contributed by atoms with E-state index in [-0.39, 0.29) is 22.8 Å². The van der Waals surface area contributed by atoms with Crippen molar-refractivity contribution in [2.45, 2.75) is 25.6 Å². The maximum absolute atomic E-state index is 12.1. The zero-order valence-corrected chi connectivity index (χ0v) is 14.7. The molecule has 0 saturated carbocycles. The lowest BCUT2D eigenvalue weighted by molar-refractivity contribution is -0.120. The van der Waals surface area contributed by atoms with Crippen molar-refractivity contribution in [1.29, 1.82) is 0 Å². The third kappa shape index (κ3) is 6.08. The molecule has 0 spiro atoms. The molecule has 126 valence electrons. The normalized spacial score (nSPS) is 11.6. The molecule has 0 bridgehead atoms. The molecule has 0 fully saturated rings. The fourth-order valence-electron chi connectivity index (χ4n) is 2.04. The molecule has 1 atom stereocenters. The van der Waals surface area contributed by atoms with Crippen LogP contribution in [0.5, 0.6) is 0 Å². The molecule has 0 aromatic heterocycles. The monoisotopic (exact) mass is 342 g/mol. The number of hydrogen-bond donors (Lipinski definition) is 2. The van der Waals surface area contributed by atoms with Crippen molar-refractivity contribution in [3.63, 3.8) is 0 Å². The number of amides is 2. The van der Waals surface area contributed by atoms with E-state index in [1.54, 1.807) is 0 Å². The number of hydrogen-bond acceptors (Lipinski definition) is 3. The Kier molecular flexibility index (Phi) is 6.88. The van der Waals surface area contributed by atoms with Gasteiger partial charge in [-0.2, -0.15) is 0 Å². The van der Waals surface area contributed by atoms with Crippen molar-refractivity contribution < 1.29 is 9.59 Å². The first-order valence-corrected chi connectivity index (χ1v) is 8.89. The largest absolute Gasteiger partial charge is 0.351 e. The highest BCUT2D eigenvalue weighted by atomic mass is 32.2. The first-order valence-electron chi connectivity index (χ1n) is 7.84. The van der Waals surface area contributed by atoms with Crippen LogP contribution in [0.1, 0.15) is 18.1 Å². The van der Waals surface area contributed by atoms with E-state index in [4.69, 9.17) is 0 Å². The van der Waals surface area contributed by atoms with Crippen molar-refractivity contribution in [2.75, 3.05) is 11.1 Å². The van der Waals surface area contributed by atoms with Crippen molar-refractivity contribution in [1.82, 2.24) is 5.32 Å².